The van der Waals surface area contributed by atoms with E-state index in [4.69, 9.17) is 22.8 Å². The summed E-state index contributed by atoms with van der Waals surface area (Å²) in [6.07, 6.45) is 0. The molecule has 9 heteroatoms. The Balaban J connectivity index is 1.26. The van der Waals surface area contributed by atoms with E-state index < -0.39 is 27.1 Å². The van der Waals surface area contributed by atoms with E-state index in [1.807, 2.05) is 66.7 Å². The van der Waals surface area contributed by atoms with Crippen molar-refractivity contribution in [2.75, 3.05) is 0 Å². The van der Waals surface area contributed by atoms with E-state index in [9.17, 15) is 9.13 Å². The number of rotatable bonds is 13. The molecule has 5 rings (SSSR count). The van der Waals surface area contributed by atoms with Crippen LogP contribution in [0.1, 0.15) is 31.9 Å². The molecule has 0 saturated carbocycles. The van der Waals surface area contributed by atoms with E-state index in [0.717, 1.165) is 11.1 Å². The highest BCUT2D eigenvalue weighted by molar-refractivity contribution is 7.49. The van der Waals surface area contributed by atoms with Crippen molar-refractivity contribution in [2.45, 2.75) is 32.0 Å². The normalized spacial score (nSPS) is 12.5. The van der Waals surface area contributed by atoms with Gasteiger partial charge in [-0.3, -0.25) is 4.52 Å². The van der Waals surface area contributed by atoms with Crippen molar-refractivity contribution < 1.29 is 32.0 Å². The summed E-state index contributed by atoms with van der Waals surface area (Å²) in [6.45, 7) is 5.91. The quantitative estimate of drug-likeness (QED) is 0.120. The molecule has 224 valence electrons. The Kier molecular flexibility index (Phi) is 9.69. The number of hydrogen-bond acceptors (Lipinski definition) is 7. The van der Waals surface area contributed by atoms with Gasteiger partial charge < -0.3 is 18.3 Å². The van der Waals surface area contributed by atoms with Crippen molar-refractivity contribution in [1.82, 2.24) is 0 Å². The van der Waals surface area contributed by atoms with Gasteiger partial charge in [0, 0.05) is 12.3 Å². The molecule has 0 aliphatic heterocycles. The first-order valence-corrected chi connectivity index (χ1v) is 16.8. The Labute approximate surface area is 258 Å². The lowest BCUT2D eigenvalue weighted by atomic mass is 9.78. The van der Waals surface area contributed by atoms with Crippen LogP contribution in [0.25, 0.3) is 0 Å². The van der Waals surface area contributed by atoms with Crippen LogP contribution in [0.3, 0.4) is 0 Å². The van der Waals surface area contributed by atoms with Crippen molar-refractivity contribution in [3.63, 3.8) is 0 Å². The first-order chi connectivity index (χ1) is 21.2. The second-order valence-corrected chi connectivity index (χ2v) is 13.4. The minimum Gasteiger partial charge on any atom is -0.444 e. The second-order valence-electron chi connectivity index (χ2n) is 10.4. The van der Waals surface area contributed by atoms with Gasteiger partial charge in [-0.15, -0.1) is 0 Å². The summed E-state index contributed by atoms with van der Waals surface area (Å²) in [5, 5.41) is 0. The van der Waals surface area contributed by atoms with E-state index in [0.29, 0.717) is 28.7 Å². The van der Waals surface area contributed by atoms with Gasteiger partial charge in [0.25, 0.3) is 0 Å². The van der Waals surface area contributed by atoms with Crippen molar-refractivity contribution in [3.05, 3.63) is 151 Å². The highest BCUT2D eigenvalue weighted by Gasteiger charge is 2.34. The third kappa shape index (κ3) is 8.08. The van der Waals surface area contributed by atoms with Crippen LogP contribution in [0.15, 0.2) is 140 Å². The molecule has 0 saturated heterocycles. The van der Waals surface area contributed by atoms with Crippen molar-refractivity contribution in [3.8, 4) is 28.7 Å². The molecule has 5 aromatic rings. The first-order valence-electron chi connectivity index (χ1n) is 14.1. The van der Waals surface area contributed by atoms with Crippen molar-refractivity contribution in [2.24, 2.45) is 0 Å². The molecule has 44 heavy (non-hydrogen) atoms. The zero-order valence-electron chi connectivity index (χ0n) is 24.6. The van der Waals surface area contributed by atoms with Crippen LogP contribution < -0.4 is 22.8 Å². The van der Waals surface area contributed by atoms with Gasteiger partial charge in [-0.25, -0.2) is 0 Å². The molecule has 0 heterocycles. The van der Waals surface area contributed by atoms with E-state index in [2.05, 4.69) is 13.8 Å². The lowest BCUT2D eigenvalue weighted by Gasteiger charge is -2.26. The number of phosphoric acid groups is 1. The van der Waals surface area contributed by atoms with Gasteiger partial charge in [0.05, 0.1) is 0 Å². The number of benzene rings is 5. The Morgan fingerprint density at radius 2 is 0.909 bits per heavy atom. The van der Waals surface area contributed by atoms with E-state index in [-0.39, 0.29) is 0 Å². The minimum atomic E-state index is -4.09. The molecule has 0 aliphatic carbocycles. The van der Waals surface area contributed by atoms with Crippen LogP contribution in [0.5, 0.6) is 28.7 Å². The van der Waals surface area contributed by atoms with Crippen molar-refractivity contribution >= 4 is 15.9 Å². The molecule has 0 amide bonds. The van der Waals surface area contributed by atoms with Gasteiger partial charge >= 0.3 is 21.7 Å². The Morgan fingerprint density at radius 3 is 1.34 bits per heavy atom. The standard InChI is InChI=1S/C35H33O7P2/c1-27(38-30-13-7-4-8-14-30)43(36)39-31-23-19-28(20-24-31)35(2,3)29-21-25-34(26-22-29)42-44(37,40-32-15-9-5-10-16-32)41-33-17-11-6-12-18-33/h4-27H,1-3H3/q+1. The predicted octanol–water partition coefficient (Wildman–Crippen LogP) is 10.2. The Bertz CT molecular complexity index is 1650. The predicted molar refractivity (Wildman–Crippen MR) is 172 cm³/mol. The maximum atomic E-state index is 13.8. The van der Waals surface area contributed by atoms with Gasteiger partial charge in [-0.05, 0) is 76.4 Å². The number of phosphoric ester groups is 1. The molecule has 0 N–H and O–H groups in total. The highest BCUT2D eigenvalue weighted by atomic mass is 31.2. The number of ether oxygens (including phenoxy) is 1. The van der Waals surface area contributed by atoms with Crippen LogP contribution in [0, 0.1) is 0 Å². The maximum absolute atomic E-state index is 13.8. The molecule has 2 unspecified atom stereocenters. The average Bonchev–Trinajstić information content (AvgIpc) is 3.03. The number of hydrogen-bond donors (Lipinski definition) is 0. The molecular formula is C35H33O7P2+. The Hall–Kier alpha value is -4.57. The van der Waals surface area contributed by atoms with Crippen LogP contribution in [0.4, 0.5) is 0 Å². The number of para-hydroxylation sites is 3. The average molecular weight is 628 g/mol. The van der Waals surface area contributed by atoms with Crippen LogP contribution in [-0.4, -0.2) is 5.85 Å². The van der Waals surface area contributed by atoms with Crippen molar-refractivity contribution in [1.29, 1.82) is 0 Å². The Morgan fingerprint density at radius 1 is 0.545 bits per heavy atom. The van der Waals surface area contributed by atoms with E-state index in [1.165, 1.54) is 0 Å². The maximum Gasteiger partial charge on any atom is 0.647 e. The minimum absolute atomic E-state index is 0.333. The third-order valence-corrected chi connectivity index (χ3v) is 9.23. The molecule has 0 bridgehead atoms. The van der Waals surface area contributed by atoms with Crippen LogP contribution in [0.2, 0.25) is 0 Å². The molecule has 2 atom stereocenters. The molecule has 0 aromatic heterocycles. The summed E-state index contributed by atoms with van der Waals surface area (Å²) in [5.41, 5.74) is 1.62. The third-order valence-electron chi connectivity index (χ3n) is 6.83. The summed E-state index contributed by atoms with van der Waals surface area (Å²) in [6, 6.07) is 41.5. The fourth-order valence-electron chi connectivity index (χ4n) is 4.35. The van der Waals surface area contributed by atoms with Gasteiger partial charge in [-0.2, -0.15) is 4.57 Å². The van der Waals surface area contributed by atoms with Gasteiger partial charge in [0.15, 0.2) is 5.75 Å². The zero-order valence-corrected chi connectivity index (χ0v) is 26.4. The molecule has 0 aliphatic rings. The summed E-state index contributed by atoms with van der Waals surface area (Å²) in [5.74, 6) is 1.57. The lowest BCUT2D eigenvalue weighted by molar-refractivity contribution is 0.281. The van der Waals surface area contributed by atoms with E-state index in [1.54, 1.807) is 79.7 Å². The first kappa shape index (κ1) is 30.9. The monoisotopic (exact) mass is 627 g/mol. The van der Waals surface area contributed by atoms with Gasteiger partial charge in [0.1, 0.15) is 23.0 Å². The fourth-order valence-corrected chi connectivity index (χ4v) is 6.29. The summed E-state index contributed by atoms with van der Waals surface area (Å²) >= 11 is 0. The summed E-state index contributed by atoms with van der Waals surface area (Å²) in [4.78, 5) is 0. The second kappa shape index (κ2) is 13.8. The molecule has 0 fully saturated rings. The SMILES string of the molecule is CC(Oc1ccccc1)[P+](=O)Oc1ccc(C(C)(C)c2ccc(OP(=O)(Oc3ccccc3)Oc3ccccc3)cc2)cc1. The van der Waals surface area contributed by atoms with Gasteiger partial charge in [0.2, 0.25) is 0 Å². The topological polar surface area (TPSA) is 80.3 Å². The molecule has 7 nitrogen and oxygen atoms in total. The van der Waals surface area contributed by atoms with Crippen LogP contribution >= 0.6 is 15.9 Å². The molecule has 5 aromatic carbocycles. The lowest BCUT2D eigenvalue weighted by Crippen LogP contribution is -2.18. The van der Waals surface area contributed by atoms with Gasteiger partial charge in [-0.1, -0.05) is 92.7 Å². The van der Waals surface area contributed by atoms with Crippen LogP contribution in [-0.2, 0) is 14.5 Å². The largest absolute Gasteiger partial charge is 0.647 e. The fraction of sp³-hybridized carbons (Fsp3) is 0.143. The summed E-state index contributed by atoms with van der Waals surface area (Å²) in [7, 11) is -6.19. The smallest absolute Gasteiger partial charge is 0.444 e. The van der Waals surface area contributed by atoms with E-state index >= 15 is 0 Å². The molecule has 0 radical (unpaired) electrons. The molecular weight excluding hydrogens is 594 g/mol. The zero-order chi connectivity index (χ0) is 31.0. The summed E-state index contributed by atoms with van der Waals surface area (Å²) < 4.78 is 55.2. The highest BCUT2D eigenvalue weighted by Crippen LogP contribution is 2.50. The molecule has 0 spiro atoms.